The zero-order chi connectivity index (χ0) is 13.8. The van der Waals surface area contributed by atoms with Crippen molar-refractivity contribution >= 4 is 28.9 Å². The van der Waals surface area contributed by atoms with E-state index < -0.39 is 0 Å². The van der Waals surface area contributed by atoms with Crippen LogP contribution in [0.5, 0.6) is 5.75 Å². The fourth-order valence-corrected chi connectivity index (χ4v) is 2.22. The Balaban J connectivity index is 2.12. The summed E-state index contributed by atoms with van der Waals surface area (Å²) in [6.45, 7) is 2.08. The van der Waals surface area contributed by atoms with Crippen LogP contribution in [0.4, 0.5) is 5.69 Å². The van der Waals surface area contributed by atoms with E-state index in [-0.39, 0.29) is 6.04 Å². The van der Waals surface area contributed by atoms with Gasteiger partial charge in [-0.2, -0.15) is 0 Å². The van der Waals surface area contributed by atoms with E-state index in [1.54, 1.807) is 7.11 Å². The summed E-state index contributed by atoms with van der Waals surface area (Å²) in [7, 11) is 1.60. The Morgan fingerprint density at radius 2 is 1.74 bits per heavy atom. The Morgan fingerprint density at radius 1 is 1.05 bits per heavy atom. The molecule has 0 saturated heterocycles. The van der Waals surface area contributed by atoms with E-state index in [9.17, 15) is 0 Å². The number of rotatable bonds is 4. The van der Waals surface area contributed by atoms with Gasteiger partial charge in [-0.3, -0.25) is 0 Å². The molecular formula is C15H15Cl2NO. The van der Waals surface area contributed by atoms with Gasteiger partial charge in [0, 0.05) is 16.8 Å². The molecule has 0 aromatic heterocycles. The minimum atomic E-state index is 0.168. The standard InChI is InChI=1S/C15H15Cl2NO/c1-10(11-3-5-12(16)6-4-11)18-13-7-8-15(19-2)14(17)9-13/h3-10,18H,1-2H3. The lowest BCUT2D eigenvalue weighted by molar-refractivity contribution is 0.415. The van der Waals surface area contributed by atoms with Gasteiger partial charge in [0.1, 0.15) is 5.75 Å². The van der Waals surface area contributed by atoms with Crippen molar-refractivity contribution in [3.05, 3.63) is 58.1 Å². The van der Waals surface area contributed by atoms with Crippen molar-refractivity contribution in [2.45, 2.75) is 13.0 Å². The van der Waals surface area contributed by atoms with Gasteiger partial charge in [0.15, 0.2) is 0 Å². The summed E-state index contributed by atoms with van der Waals surface area (Å²) < 4.78 is 5.13. The highest BCUT2D eigenvalue weighted by atomic mass is 35.5. The molecule has 19 heavy (non-hydrogen) atoms. The van der Waals surface area contributed by atoms with Crippen LogP contribution in [0.25, 0.3) is 0 Å². The molecule has 100 valence electrons. The van der Waals surface area contributed by atoms with Crippen molar-refractivity contribution in [3.8, 4) is 5.75 Å². The molecule has 2 rings (SSSR count). The number of nitrogens with one attached hydrogen (secondary N) is 1. The van der Waals surface area contributed by atoms with Crippen LogP contribution in [-0.2, 0) is 0 Å². The third kappa shape index (κ3) is 3.55. The number of halogens is 2. The normalized spacial score (nSPS) is 12.0. The first kappa shape index (κ1) is 14.0. The molecule has 0 spiro atoms. The maximum Gasteiger partial charge on any atom is 0.137 e. The number of anilines is 1. The van der Waals surface area contributed by atoms with Gasteiger partial charge < -0.3 is 10.1 Å². The summed E-state index contributed by atoms with van der Waals surface area (Å²) in [5.74, 6) is 0.673. The van der Waals surface area contributed by atoms with Crippen LogP contribution in [0.2, 0.25) is 10.0 Å². The Hall–Kier alpha value is -1.38. The maximum atomic E-state index is 6.10. The first-order valence-electron chi connectivity index (χ1n) is 5.95. The molecule has 1 N–H and O–H groups in total. The Morgan fingerprint density at radius 3 is 2.32 bits per heavy atom. The predicted octanol–water partition coefficient (Wildman–Crippen LogP) is 5.18. The average Bonchev–Trinajstić information content (AvgIpc) is 2.39. The summed E-state index contributed by atoms with van der Waals surface area (Å²) in [5.41, 5.74) is 2.12. The van der Waals surface area contributed by atoms with Crippen molar-refractivity contribution in [3.63, 3.8) is 0 Å². The fourth-order valence-electron chi connectivity index (χ4n) is 1.84. The van der Waals surface area contributed by atoms with E-state index in [1.165, 1.54) is 0 Å². The van der Waals surface area contributed by atoms with Crippen LogP contribution < -0.4 is 10.1 Å². The van der Waals surface area contributed by atoms with Crippen molar-refractivity contribution < 1.29 is 4.74 Å². The molecule has 0 saturated carbocycles. The van der Waals surface area contributed by atoms with Gasteiger partial charge >= 0.3 is 0 Å². The highest BCUT2D eigenvalue weighted by Crippen LogP contribution is 2.29. The quantitative estimate of drug-likeness (QED) is 0.839. The monoisotopic (exact) mass is 295 g/mol. The molecule has 0 radical (unpaired) electrons. The molecule has 1 atom stereocenters. The highest BCUT2D eigenvalue weighted by molar-refractivity contribution is 6.32. The second-order valence-electron chi connectivity index (χ2n) is 4.27. The minimum absolute atomic E-state index is 0.168. The van der Waals surface area contributed by atoms with Gasteiger partial charge in [0.2, 0.25) is 0 Å². The summed E-state index contributed by atoms with van der Waals surface area (Å²) in [6, 6.07) is 13.6. The van der Waals surface area contributed by atoms with E-state index in [0.29, 0.717) is 10.8 Å². The van der Waals surface area contributed by atoms with Gasteiger partial charge in [0.05, 0.1) is 12.1 Å². The summed E-state index contributed by atoms with van der Waals surface area (Å²) in [6.07, 6.45) is 0. The summed E-state index contributed by atoms with van der Waals surface area (Å²) >= 11 is 12.0. The molecule has 2 nitrogen and oxygen atoms in total. The molecule has 0 bridgehead atoms. The van der Waals surface area contributed by atoms with Gasteiger partial charge in [-0.1, -0.05) is 35.3 Å². The molecular weight excluding hydrogens is 281 g/mol. The summed E-state index contributed by atoms with van der Waals surface area (Å²) in [5, 5.41) is 4.72. The van der Waals surface area contributed by atoms with Crippen molar-refractivity contribution in [2.75, 3.05) is 12.4 Å². The fraction of sp³-hybridized carbons (Fsp3) is 0.200. The van der Waals surface area contributed by atoms with Crippen LogP contribution in [-0.4, -0.2) is 7.11 Å². The van der Waals surface area contributed by atoms with Crippen molar-refractivity contribution in [1.29, 1.82) is 0 Å². The maximum absolute atomic E-state index is 6.10. The van der Waals surface area contributed by atoms with E-state index >= 15 is 0 Å². The Bertz CT molecular complexity index is 555. The third-order valence-electron chi connectivity index (χ3n) is 2.90. The largest absolute Gasteiger partial charge is 0.495 e. The highest BCUT2D eigenvalue weighted by Gasteiger charge is 2.07. The van der Waals surface area contributed by atoms with Gasteiger partial charge in [-0.15, -0.1) is 0 Å². The van der Waals surface area contributed by atoms with Crippen LogP contribution in [0.3, 0.4) is 0 Å². The molecule has 2 aromatic carbocycles. The lowest BCUT2D eigenvalue weighted by Crippen LogP contribution is -2.06. The SMILES string of the molecule is COc1ccc(NC(C)c2ccc(Cl)cc2)cc1Cl. The molecule has 0 amide bonds. The zero-order valence-corrected chi connectivity index (χ0v) is 12.3. The zero-order valence-electron chi connectivity index (χ0n) is 10.8. The molecule has 0 heterocycles. The van der Waals surface area contributed by atoms with E-state index in [4.69, 9.17) is 27.9 Å². The van der Waals surface area contributed by atoms with Gasteiger partial charge in [-0.05, 0) is 42.8 Å². The van der Waals surface area contributed by atoms with E-state index in [2.05, 4.69) is 12.2 Å². The lowest BCUT2D eigenvalue weighted by Gasteiger charge is -2.16. The smallest absolute Gasteiger partial charge is 0.137 e. The first-order valence-corrected chi connectivity index (χ1v) is 6.71. The Kier molecular flexibility index (Phi) is 4.56. The van der Waals surface area contributed by atoms with E-state index in [0.717, 1.165) is 16.3 Å². The Labute approximate surface area is 123 Å². The molecule has 2 aromatic rings. The number of hydrogen-bond acceptors (Lipinski definition) is 2. The topological polar surface area (TPSA) is 21.3 Å². The molecule has 1 unspecified atom stereocenters. The first-order chi connectivity index (χ1) is 9.10. The lowest BCUT2D eigenvalue weighted by atomic mass is 10.1. The molecule has 0 aliphatic heterocycles. The summed E-state index contributed by atoms with van der Waals surface area (Å²) in [4.78, 5) is 0. The van der Waals surface area contributed by atoms with Crippen LogP contribution in [0.15, 0.2) is 42.5 Å². The second kappa shape index (κ2) is 6.18. The van der Waals surface area contributed by atoms with Crippen molar-refractivity contribution in [1.82, 2.24) is 0 Å². The molecule has 0 fully saturated rings. The molecule has 0 aliphatic carbocycles. The van der Waals surface area contributed by atoms with Gasteiger partial charge in [0.25, 0.3) is 0 Å². The van der Waals surface area contributed by atoms with Crippen LogP contribution >= 0.6 is 23.2 Å². The molecule has 4 heteroatoms. The minimum Gasteiger partial charge on any atom is -0.495 e. The van der Waals surface area contributed by atoms with Crippen molar-refractivity contribution in [2.24, 2.45) is 0 Å². The number of hydrogen-bond donors (Lipinski definition) is 1. The molecule has 0 aliphatic rings. The average molecular weight is 296 g/mol. The number of methoxy groups -OCH3 is 1. The third-order valence-corrected chi connectivity index (χ3v) is 3.45. The second-order valence-corrected chi connectivity index (χ2v) is 5.11. The van der Waals surface area contributed by atoms with E-state index in [1.807, 2.05) is 42.5 Å². The predicted molar refractivity (Wildman–Crippen MR) is 81.5 cm³/mol. The number of benzene rings is 2. The number of ether oxygens (including phenoxy) is 1. The van der Waals surface area contributed by atoms with Crippen LogP contribution in [0, 0.1) is 0 Å². The van der Waals surface area contributed by atoms with Gasteiger partial charge in [-0.25, -0.2) is 0 Å². The van der Waals surface area contributed by atoms with Crippen LogP contribution in [0.1, 0.15) is 18.5 Å².